The molecule has 0 aliphatic heterocycles. The van der Waals surface area contributed by atoms with Gasteiger partial charge < -0.3 is 28.4 Å². The Morgan fingerprint density at radius 3 is 0.677 bits per heavy atom. The minimum Gasteiger partial charge on any atom is -0.378 e. The fourth-order valence-corrected chi connectivity index (χ4v) is 2.94. The smallest absolute Gasteiger partial charge is 0.133 e. The molecule has 0 heterocycles. The summed E-state index contributed by atoms with van der Waals surface area (Å²) in [4.78, 5) is 11.1. The second kappa shape index (κ2) is 69.3. The van der Waals surface area contributed by atoms with E-state index in [0.29, 0.717) is 79.7 Å². The van der Waals surface area contributed by atoms with Crippen LogP contribution < -0.4 is 21.3 Å². The Morgan fingerprint density at radius 1 is 0.274 bits per heavy atom. The summed E-state index contributed by atoms with van der Waals surface area (Å²) in [6.45, 7) is 36.5. The van der Waals surface area contributed by atoms with Gasteiger partial charge in [0.25, 0.3) is 0 Å². The van der Waals surface area contributed by atoms with Crippen LogP contribution >= 0.6 is 0 Å². The zero-order chi connectivity index (χ0) is 34.9. The molecular formula is C50H140N4O8. The highest BCUT2D eigenvalue weighted by atomic mass is 17.2. The maximum Gasteiger partial charge on any atom is 0.133 e. The molecule has 0 aliphatic rings. The van der Waals surface area contributed by atoms with Gasteiger partial charge in [-0.1, -0.05) is 126 Å². The van der Waals surface area contributed by atoms with E-state index in [1.54, 1.807) is 0 Å². The van der Waals surface area contributed by atoms with Crippen LogP contribution in [0.25, 0.3) is 0 Å². The third-order valence-corrected chi connectivity index (χ3v) is 5.56. The molecule has 12 heteroatoms. The number of rotatable bonds is 26. The van der Waals surface area contributed by atoms with Crippen molar-refractivity contribution in [2.75, 3.05) is 93.0 Å². The highest BCUT2D eigenvalue weighted by Gasteiger charge is 2.33. The highest BCUT2D eigenvalue weighted by molar-refractivity contribution is 4.79. The number of nitrogens with one attached hydrogen (secondary N) is 4. The van der Waals surface area contributed by atoms with Crippen LogP contribution in [0, 0.1) is 5.41 Å². The zero-order valence-electron chi connectivity index (χ0n) is 31.1. The van der Waals surface area contributed by atoms with E-state index < -0.39 is 5.41 Å². The lowest BCUT2D eigenvalue weighted by molar-refractivity contribution is -0.324. The van der Waals surface area contributed by atoms with E-state index in [0.717, 1.165) is 0 Å². The lowest BCUT2D eigenvalue weighted by atomic mass is 9.92. The van der Waals surface area contributed by atoms with Gasteiger partial charge in [-0.3, -0.25) is 21.3 Å². The Bertz CT molecular complexity index is 611. The number of hydrogen-bond acceptors (Lipinski definition) is 12. The maximum absolute atomic E-state index is 6.06. The quantitative estimate of drug-likeness (QED) is 0.0217. The summed E-state index contributed by atoms with van der Waals surface area (Å²) in [6.07, 6.45) is 0. The summed E-state index contributed by atoms with van der Waals surface area (Å²) in [5.41, 5.74) is -0.755. The van der Waals surface area contributed by atoms with Crippen molar-refractivity contribution in [1.82, 2.24) is 21.3 Å². The van der Waals surface area contributed by atoms with Gasteiger partial charge in [-0.05, 0) is 83.1 Å². The van der Waals surface area contributed by atoms with Crippen LogP contribution in [0.4, 0.5) is 0 Å². The molecule has 0 spiro atoms. The third kappa shape index (κ3) is 98.2. The predicted octanol–water partition coefficient (Wildman–Crippen LogP) is 15.0. The first-order valence-electron chi connectivity index (χ1n) is 16.0. The molecular weight excluding hydrogens is 785 g/mol. The van der Waals surface area contributed by atoms with Crippen LogP contribution in [0.1, 0.15) is 209 Å². The molecule has 0 unspecified atom stereocenters. The van der Waals surface area contributed by atoms with E-state index in [1.165, 1.54) is 0 Å². The molecule has 0 aromatic rings. The second-order valence-electron chi connectivity index (χ2n) is 15.0. The monoisotopic (exact) mass is 925 g/mol. The first kappa shape index (κ1) is 125. The van der Waals surface area contributed by atoms with Crippen molar-refractivity contribution in [2.24, 2.45) is 5.41 Å². The molecule has 62 heavy (non-hydrogen) atoms. The summed E-state index contributed by atoms with van der Waals surface area (Å²) >= 11 is 0. The number of hydrogen-bond donors (Lipinski definition) is 4. The molecule has 0 fully saturated rings. The summed E-state index contributed by atoms with van der Waals surface area (Å²) < 4.78 is 35.2. The van der Waals surface area contributed by atoms with Crippen LogP contribution in [0.15, 0.2) is 13.2 Å². The molecule has 0 saturated heterocycles. The molecule has 0 bridgehead atoms. The molecule has 4 N–H and O–H groups in total. The van der Waals surface area contributed by atoms with Crippen molar-refractivity contribution >= 4 is 0 Å². The Hall–Kier alpha value is -0.740. The topological polar surface area (TPSA) is 122 Å². The van der Waals surface area contributed by atoms with E-state index in [4.69, 9.17) is 38.2 Å². The Kier molecular flexibility index (Phi) is 139. The van der Waals surface area contributed by atoms with Crippen molar-refractivity contribution < 1.29 is 38.2 Å². The zero-order valence-corrected chi connectivity index (χ0v) is 31.1. The SMILES string of the molecule is C.C.C.C.C.C.C.C.C.C.C.C.C.C.C.C.C.C=C.CC(C)(C)NCOCCOCC(COCCOCNC(C)(C)C)(COCCOCNC(C)(C)C)COOCNC(C)(C)C. The van der Waals surface area contributed by atoms with Gasteiger partial charge in [-0.25, -0.2) is 9.78 Å². The molecule has 0 rings (SSSR count). The van der Waals surface area contributed by atoms with Gasteiger partial charge in [0.1, 0.15) is 6.73 Å². The van der Waals surface area contributed by atoms with E-state index in [9.17, 15) is 0 Å². The standard InChI is InChI=1S/C31H68N4O8.C2H4.17CH4/c1-27(2,3)32-23-39-16-13-36-19-31(22-42-43-26-35-30(10,11)12,20-37-14-17-40-24-33-28(4,5)6)21-38-15-18-41-25-34-29(7,8)9;1-2;;;;;;;;;;;;;;;;;/h32-35H,13-26H2,1-12H3;1-2H2;17*1H4. The molecule has 0 saturated carbocycles. The van der Waals surface area contributed by atoms with Crippen molar-refractivity contribution in [2.45, 2.75) is 231 Å². The molecule has 0 aromatic heterocycles. The van der Waals surface area contributed by atoms with E-state index in [2.05, 4.69) is 118 Å². The molecule has 0 aliphatic carbocycles. The summed E-state index contributed by atoms with van der Waals surface area (Å²) in [5, 5.41) is 13.1. The minimum atomic E-state index is -0.626. The van der Waals surface area contributed by atoms with Crippen molar-refractivity contribution in [3.8, 4) is 0 Å². The van der Waals surface area contributed by atoms with Gasteiger partial charge in [0.15, 0.2) is 0 Å². The average molecular weight is 926 g/mol. The maximum atomic E-state index is 6.06. The van der Waals surface area contributed by atoms with E-state index in [-0.39, 0.29) is 162 Å². The Morgan fingerprint density at radius 2 is 0.468 bits per heavy atom. The van der Waals surface area contributed by atoms with Crippen molar-refractivity contribution in [3.63, 3.8) is 0 Å². The van der Waals surface area contributed by atoms with Gasteiger partial charge in [0.05, 0.1) is 91.7 Å². The first-order valence-corrected chi connectivity index (χ1v) is 16.0. The van der Waals surface area contributed by atoms with Crippen LogP contribution in [-0.2, 0) is 38.2 Å². The fraction of sp³-hybridized carbons (Fsp3) is 0.960. The van der Waals surface area contributed by atoms with E-state index in [1.807, 2.05) is 0 Å². The summed E-state index contributed by atoms with van der Waals surface area (Å²) in [6, 6.07) is 0. The normalized spacial score (nSPS) is 9.55. The summed E-state index contributed by atoms with van der Waals surface area (Å²) in [7, 11) is 0. The van der Waals surface area contributed by atoms with E-state index >= 15 is 0 Å². The third-order valence-electron chi connectivity index (χ3n) is 5.56. The van der Waals surface area contributed by atoms with Crippen LogP contribution in [0.5, 0.6) is 0 Å². The van der Waals surface area contributed by atoms with Crippen LogP contribution in [-0.4, -0.2) is 115 Å². The van der Waals surface area contributed by atoms with Gasteiger partial charge in [-0.15, -0.1) is 13.2 Å². The second-order valence-corrected chi connectivity index (χ2v) is 15.0. The molecule has 12 nitrogen and oxygen atoms in total. The van der Waals surface area contributed by atoms with Gasteiger partial charge >= 0.3 is 0 Å². The molecule has 0 atom stereocenters. The first-order chi connectivity index (χ1) is 20.8. The van der Waals surface area contributed by atoms with Crippen LogP contribution in [0.2, 0.25) is 0 Å². The predicted molar refractivity (Wildman–Crippen MR) is 296 cm³/mol. The lowest BCUT2D eigenvalue weighted by Gasteiger charge is -2.32. The van der Waals surface area contributed by atoms with Gasteiger partial charge in [0.2, 0.25) is 0 Å². The molecule has 0 amide bonds. The van der Waals surface area contributed by atoms with Crippen molar-refractivity contribution in [1.29, 1.82) is 0 Å². The Balaban J connectivity index is -0.0000000563. The minimum absolute atomic E-state index is 0. The number of ether oxygens (including phenoxy) is 6. The average Bonchev–Trinajstić information content (AvgIpc) is 2.90. The fourth-order valence-electron chi connectivity index (χ4n) is 2.94. The van der Waals surface area contributed by atoms with Crippen molar-refractivity contribution in [3.05, 3.63) is 13.2 Å². The summed E-state index contributed by atoms with van der Waals surface area (Å²) in [5.74, 6) is 0. The largest absolute Gasteiger partial charge is 0.378 e. The Labute approximate surface area is 401 Å². The van der Waals surface area contributed by atoms with Gasteiger partial charge in [0, 0.05) is 22.2 Å². The lowest BCUT2D eigenvalue weighted by Crippen LogP contribution is -2.43. The molecule has 0 radical (unpaired) electrons. The highest BCUT2D eigenvalue weighted by Crippen LogP contribution is 2.21. The molecule has 408 valence electrons. The van der Waals surface area contributed by atoms with Gasteiger partial charge in [-0.2, -0.15) is 0 Å². The molecule has 0 aromatic carbocycles. The van der Waals surface area contributed by atoms with Crippen LogP contribution in [0.3, 0.4) is 0 Å².